The Morgan fingerprint density at radius 3 is 1.50 bits per heavy atom. The van der Waals surface area contributed by atoms with Crippen molar-refractivity contribution in [2.75, 3.05) is 0 Å². The van der Waals surface area contributed by atoms with E-state index in [2.05, 4.69) is 37.3 Å². The van der Waals surface area contributed by atoms with Crippen LogP contribution in [0.5, 0.6) is 0 Å². The van der Waals surface area contributed by atoms with E-state index in [0.717, 1.165) is 25.7 Å². The molecule has 0 spiro atoms. The third kappa shape index (κ3) is 18.3. The van der Waals surface area contributed by atoms with Crippen LogP contribution in [0.15, 0.2) is 30.3 Å². The van der Waals surface area contributed by atoms with Gasteiger partial charge in [-0.3, -0.25) is 4.79 Å². The molecule has 0 heterocycles. The Labute approximate surface area is 176 Å². The van der Waals surface area contributed by atoms with Crippen molar-refractivity contribution in [2.45, 2.75) is 130 Å². The van der Waals surface area contributed by atoms with Gasteiger partial charge in [0.1, 0.15) is 5.78 Å². The molecule has 0 aliphatic carbocycles. The molecule has 0 radical (unpaired) electrons. The first-order valence-electron chi connectivity index (χ1n) is 12.4. The maximum absolute atomic E-state index is 11.4. The molecule has 0 saturated carbocycles. The standard InChI is InChI=1S/C25H42O.C2H6/c1-2-19-25(26)23-18-13-11-9-7-5-3-4-6-8-10-12-15-20-24-21-16-14-17-22-24;1-2/h14,16-17,21-22H,2-13,15,18-20,23H2,1H3;1-2H3. The molecule has 1 aromatic rings. The van der Waals surface area contributed by atoms with E-state index >= 15 is 0 Å². The zero-order chi connectivity index (χ0) is 20.7. The molecule has 0 aromatic heterocycles. The summed E-state index contributed by atoms with van der Waals surface area (Å²) in [5.74, 6) is 0.465. The molecule has 1 rings (SSSR count). The third-order valence-corrected chi connectivity index (χ3v) is 5.29. The monoisotopic (exact) mass is 388 g/mol. The van der Waals surface area contributed by atoms with Gasteiger partial charge in [-0.1, -0.05) is 122 Å². The average molecular weight is 389 g/mol. The van der Waals surface area contributed by atoms with E-state index in [0.29, 0.717) is 5.78 Å². The van der Waals surface area contributed by atoms with E-state index in [4.69, 9.17) is 0 Å². The Bertz CT molecular complexity index is 423. The van der Waals surface area contributed by atoms with Gasteiger partial charge in [0, 0.05) is 12.8 Å². The number of carbonyl (C=O) groups is 1. The van der Waals surface area contributed by atoms with E-state index in [1.54, 1.807) is 0 Å². The van der Waals surface area contributed by atoms with E-state index < -0.39 is 0 Å². The molecule has 0 amide bonds. The van der Waals surface area contributed by atoms with E-state index in [1.807, 2.05) is 13.8 Å². The number of rotatable bonds is 18. The minimum Gasteiger partial charge on any atom is -0.300 e. The molecule has 1 nitrogen and oxygen atoms in total. The van der Waals surface area contributed by atoms with Gasteiger partial charge in [-0.05, 0) is 31.2 Å². The Kier molecular flexibility index (Phi) is 21.3. The van der Waals surface area contributed by atoms with Crippen molar-refractivity contribution in [3.8, 4) is 0 Å². The van der Waals surface area contributed by atoms with Gasteiger partial charge >= 0.3 is 0 Å². The third-order valence-electron chi connectivity index (χ3n) is 5.29. The SMILES string of the molecule is CC.CCCC(=O)CCCCCCCCCCCCCCCc1ccccc1. The summed E-state index contributed by atoms with van der Waals surface area (Å²) in [5.41, 5.74) is 1.49. The normalized spacial score (nSPS) is 10.4. The van der Waals surface area contributed by atoms with Crippen LogP contribution in [-0.4, -0.2) is 5.78 Å². The number of ketones is 1. The van der Waals surface area contributed by atoms with Crippen molar-refractivity contribution in [1.29, 1.82) is 0 Å². The Morgan fingerprint density at radius 2 is 1.04 bits per heavy atom. The number of unbranched alkanes of at least 4 members (excludes halogenated alkanes) is 12. The first-order valence-corrected chi connectivity index (χ1v) is 12.4. The molecular formula is C27H48O. The quantitative estimate of drug-likeness (QED) is 0.229. The number of carbonyl (C=O) groups excluding carboxylic acids is 1. The molecule has 0 aliphatic heterocycles. The van der Waals surface area contributed by atoms with Crippen LogP contribution in [0.3, 0.4) is 0 Å². The smallest absolute Gasteiger partial charge is 0.132 e. The molecule has 1 aromatic carbocycles. The van der Waals surface area contributed by atoms with Crippen LogP contribution in [0.25, 0.3) is 0 Å². The van der Waals surface area contributed by atoms with Gasteiger partial charge in [0.25, 0.3) is 0 Å². The second-order valence-corrected chi connectivity index (χ2v) is 7.87. The molecule has 0 unspecified atom stereocenters. The predicted octanol–water partition coefficient (Wildman–Crippen LogP) is 9.09. The van der Waals surface area contributed by atoms with Crippen molar-refractivity contribution in [3.05, 3.63) is 35.9 Å². The minimum absolute atomic E-state index is 0.465. The van der Waals surface area contributed by atoms with Crippen LogP contribution in [0, 0.1) is 0 Å². The summed E-state index contributed by atoms with van der Waals surface area (Å²) in [6.45, 7) is 6.09. The molecule has 162 valence electrons. The lowest BCUT2D eigenvalue weighted by atomic mass is 10.0. The maximum Gasteiger partial charge on any atom is 0.132 e. The second kappa shape index (κ2) is 22.2. The zero-order valence-electron chi connectivity index (χ0n) is 19.3. The largest absolute Gasteiger partial charge is 0.300 e. The van der Waals surface area contributed by atoms with Gasteiger partial charge in [0.2, 0.25) is 0 Å². The molecule has 1 heteroatoms. The Hall–Kier alpha value is -1.11. The zero-order valence-corrected chi connectivity index (χ0v) is 19.3. The highest BCUT2D eigenvalue weighted by Crippen LogP contribution is 2.14. The fraction of sp³-hybridized carbons (Fsp3) is 0.741. The van der Waals surface area contributed by atoms with Gasteiger partial charge in [0.05, 0.1) is 0 Å². The summed E-state index contributed by atoms with van der Waals surface area (Å²) in [5, 5.41) is 0. The Balaban J connectivity index is 0.00000352. The number of benzene rings is 1. The van der Waals surface area contributed by atoms with Gasteiger partial charge in [-0.25, -0.2) is 0 Å². The van der Waals surface area contributed by atoms with E-state index in [1.165, 1.54) is 89.0 Å². The van der Waals surface area contributed by atoms with Crippen molar-refractivity contribution in [3.63, 3.8) is 0 Å². The lowest BCUT2D eigenvalue weighted by Gasteiger charge is -2.04. The van der Waals surface area contributed by atoms with Gasteiger partial charge in [0.15, 0.2) is 0 Å². The topological polar surface area (TPSA) is 17.1 Å². The molecule has 0 atom stereocenters. The lowest BCUT2D eigenvalue weighted by Crippen LogP contribution is -1.96. The molecule has 0 saturated heterocycles. The van der Waals surface area contributed by atoms with E-state index in [9.17, 15) is 4.79 Å². The van der Waals surface area contributed by atoms with Crippen molar-refractivity contribution >= 4 is 5.78 Å². The highest BCUT2D eigenvalue weighted by atomic mass is 16.1. The van der Waals surface area contributed by atoms with Crippen LogP contribution in [0.1, 0.15) is 129 Å². The summed E-state index contributed by atoms with van der Waals surface area (Å²) in [4.78, 5) is 11.4. The highest BCUT2D eigenvalue weighted by Gasteiger charge is 1.99. The maximum atomic E-state index is 11.4. The van der Waals surface area contributed by atoms with Crippen molar-refractivity contribution in [2.24, 2.45) is 0 Å². The predicted molar refractivity (Wildman–Crippen MR) is 126 cm³/mol. The molecular weight excluding hydrogens is 340 g/mol. The fourth-order valence-corrected chi connectivity index (χ4v) is 3.64. The second-order valence-electron chi connectivity index (χ2n) is 7.87. The summed E-state index contributed by atoms with van der Waals surface area (Å²) in [6, 6.07) is 10.9. The summed E-state index contributed by atoms with van der Waals surface area (Å²) in [6.07, 6.45) is 21.5. The summed E-state index contributed by atoms with van der Waals surface area (Å²) >= 11 is 0. The van der Waals surface area contributed by atoms with E-state index in [-0.39, 0.29) is 0 Å². The van der Waals surface area contributed by atoms with Gasteiger partial charge in [-0.15, -0.1) is 0 Å². The first kappa shape index (κ1) is 26.9. The number of hydrogen-bond donors (Lipinski definition) is 0. The molecule has 0 fully saturated rings. The van der Waals surface area contributed by atoms with Crippen molar-refractivity contribution < 1.29 is 4.79 Å². The van der Waals surface area contributed by atoms with Crippen LogP contribution in [0.2, 0.25) is 0 Å². The van der Waals surface area contributed by atoms with Gasteiger partial charge in [-0.2, -0.15) is 0 Å². The summed E-state index contributed by atoms with van der Waals surface area (Å²) in [7, 11) is 0. The summed E-state index contributed by atoms with van der Waals surface area (Å²) < 4.78 is 0. The Morgan fingerprint density at radius 1 is 0.607 bits per heavy atom. The highest BCUT2D eigenvalue weighted by molar-refractivity contribution is 5.78. The first-order chi connectivity index (χ1) is 13.8. The van der Waals surface area contributed by atoms with Gasteiger partial charge < -0.3 is 0 Å². The number of Topliss-reactive ketones (excluding diaryl/α,β-unsaturated/α-hetero) is 1. The van der Waals surface area contributed by atoms with Crippen LogP contribution >= 0.6 is 0 Å². The molecule has 28 heavy (non-hydrogen) atoms. The van der Waals surface area contributed by atoms with Crippen LogP contribution < -0.4 is 0 Å². The number of hydrogen-bond acceptors (Lipinski definition) is 1. The van der Waals surface area contributed by atoms with Crippen LogP contribution in [0.4, 0.5) is 0 Å². The molecule has 0 N–H and O–H groups in total. The van der Waals surface area contributed by atoms with Crippen molar-refractivity contribution in [1.82, 2.24) is 0 Å². The molecule has 0 bridgehead atoms. The molecule has 0 aliphatic rings. The lowest BCUT2D eigenvalue weighted by molar-refractivity contribution is -0.119. The average Bonchev–Trinajstić information content (AvgIpc) is 2.73. The fourth-order valence-electron chi connectivity index (χ4n) is 3.64. The minimum atomic E-state index is 0.465. The number of aryl methyl sites for hydroxylation is 1. The van der Waals surface area contributed by atoms with Crippen LogP contribution in [-0.2, 0) is 11.2 Å².